The average molecular weight is 792 g/mol. The molecule has 9 nitrogen and oxygen atoms in total. The van der Waals surface area contributed by atoms with E-state index >= 15 is 0 Å². The van der Waals surface area contributed by atoms with Crippen molar-refractivity contribution in [3.63, 3.8) is 0 Å². The van der Waals surface area contributed by atoms with E-state index in [1.54, 1.807) is 0 Å². The third-order valence-electron chi connectivity index (χ3n) is 8.56. The lowest BCUT2D eigenvalue weighted by Crippen LogP contribution is -2.29. The van der Waals surface area contributed by atoms with Gasteiger partial charge in [0.25, 0.3) is 0 Å². The zero-order valence-electron chi connectivity index (χ0n) is 34.6. The van der Waals surface area contributed by atoms with Crippen molar-refractivity contribution in [3.05, 3.63) is 72.9 Å². The third kappa shape index (κ3) is 40.9. The van der Waals surface area contributed by atoms with Crippen molar-refractivity contribution in [2.45, 2.75) is 174 Å². The Morgan fingerprint density at radius 2 is 0.945 bits per heavy atom. The van der Waals surface area contributed by atoms with Crippen LogP contribution in [-0.2, 0) is 32.7 Å². The number of allylic oxidation sites excluding steroid dienone is 12. The number of carbonyl (C=O) groups excluding carboxylic acids is 2. The fourth-order valence-electron chi connectivity index (χ4n) is 5.37. The van der Waals surface area contributed by atoms with Gasteiger partial charge in [-0.2, -0.15) is 0 Å². The predicted octanol–water partition coefficient (Wildman–Crippen LogP) is 12.3. The van der Waals surface area contributed by atoms with E-state index in [1.165, 1.54) is 77.0 Å². The van der Waals surface area contributed by atoms with Crippen LogP contribution in [0.4, 0.5) is 0 Å². The lowest BCUT2D eigenvalue weighted by Gasteiger charge is -2.19. The minimum atomic E-state index is -4.40. The van der Waals surface area contributed by atoms with Crippen LogP contribution in [0.1, 0.15) is 168 Å². The van der Waals surface area contributed by atoms with E-state index in [2.05, 4.69) is 74.6 Å². The fraction of sp³-hybridized carbons (Fsp3) is 0.689. The van der Waals surface area contributed by atoms with Gasteiger partial charge in [0.2, 0.25) is 0 Å². The summed E-state index contributed by atoms with van der Waals surface area (Å²) in [4.78, 5) is 34.8. The van der Waals surface area contributed by atoms with Crippen LogP contribution in [-0.4, -0.2) is 49.3 Å². The lowest BCUT2D eigenvalue weighted by molar-refractivity contribution is -0.161. The molecule has 0 rings (SSSR count). The summed E-state index contributed by atoms with van der Waals surface area (Å²) in [6.45, 7) is 3.59. The van der Waals surface area contributed by atoms with Crippen LogP contribution in [0.25, 0.3) is 0 Å². The molecule has 316 valence electrons. The molecule has 0 bridgehead atoms. The van der Waals surface area contributed by atoms with E-state index in [9.17, 15) is 19.0 Å². The Labute approximate surface area is 335 Å². The molecule has 0 spiro atoms. The van der Waals surface area contributed by atoms with Crippen molar-refractivity contribution in [3.8, 4) is 0 Å². The van der Waals surface area contributed by atoms with Crippen molar-refractivity contribution < 1.29 is 37.6 Å². The molecule has 0 saturated carbocycles. The SMILES string of the molecule is CCCCCCCCC=CCC=CCC=CCCCC(=O)OCC(COP(=O)(O)OCCN)OC(=O)CCCC=CCC=CCC=CCCCCCCCC. The van der Waals surface area contributed by atoms with Crippen LogP contribution >= 0.6 is 7.82 Å². The zero-order valence-corrected chi connectivity index (χ0v) is 35.5. The molecular weight excluding hydrogens is 713 g/mol. The molecule has 0 aliphatic heterocycles. The Morgan fingerprint density at radius 3 is 1.40 bits per heavy atom. The molecule has 10 heteroatoms. The molecule has 0 fully saturated rings. The van der Waals surface area contributed by atoms with Crippen LogP contribution in [0.2, 0.25) is 0 Å². The van der Waals surface area contributed by atoms with Gasteiger partial charge in [0.05, 0.1) is 13.2 Å². The van der Waals surface area contributed by atoms with E-state index < -0.39 is 32.5 Å². The van der Waals surface area contributed by atoms with E-state index in [4.69, 9.17) is 24.3 Å². The first kappa shape index (κ1) is 52.5. The molecule has 3 N–H and O–H groups in total. The van der Waals surface area contributed by atoms with Gasteiger partial charge in [-0.1, -0.05) is 151 Å². The molecule has 55 heavy (non-hydrogen) atoms. The fourth-order valence-corrected chi connectivity index (χ4v) is 6.14. The second-order valence-electron chi connectivity index (χ2n) is 13.8. The van der Waals surface area contributed by atoms with Gasteiger partial charge < -0.3 is 20.1 Å². The predicted molar refractivity (Wildman–Crippen MR) is 229 cm³/mol. The van der Waals surface area contributed by atoms with E-state index in [-0.39, 0.29) is 32.6 Å². The van der Waals surface area contributed by atoms with E-state index in [0.29, 0.717) is 19.3 Å². The van der Waals surface area contributed by atoms with Gasteiger partial charge >= 0.3 is 19.8 Å². The molecule has 2 atom stereocenters. The highest BCUT2D eigenvalue weighted by atomic mass is 31.2. The Morgan fingerprint density at radius 1 is 0.545 bits per heavy atom. The van der Waals surface area contributed by atoms with Gasteiger partial charge in [-0.15, -0.1) is 0 Å². The van der Waals surface area contributed by atoms with Crippen molar-refractivity contribution in [1.82, 2.24) is 0 Å². The maximum absolute atomic E-state index is 12.5. The molecule has 0 aliphatic carbocycles. The van der Waals surface area contributed by atoms with Crippen LogP contribution in [0.5, 0.6) is 0 Å². The summed E-state index contributed by atoms with van der Waals surface area (Å²) in [6.07, 6.45) is 49.5. The number of phosphoric ester groups is 1. The van der Waals surface area contributed by atoms with Gasteiger partial charge in [0.1, 0.15) is 6.61 Å². The van der Waals surface area contributed by atoms with Gasteiger partial charge in [-0.05, 0) is 77.0 Å². The number of hydrogen-bond donors (Lipinski definition) is 2. The quantitative estimate of drug-likeness (QED) is 0.0270. The number of ether oxygens (including phenoxy) is 2. The summed E-state index contributed by atoms with van der Waals surface area (Å²) in [7, 11) is -4.40. The smallest absolute Gasteiger partial charge is 0.462 e. The summed E-state index contributed by atoms with van der Waals surface area (Å²) in [6, 6.07) is 0. The number of esters is 2. The maximum Gasteiger partial charge on any atom is 0.472 e. The third-order valence-corrected chi connectivity index (χ3v) is 9.55. The minimum Gasteiger partial charge on any atom is -0.462 e. The van der Waals surface area contributed by atoms with E-state index in [1.807, 2.05) is 12.2 Å². The second kappa shape index (κ2) is 41.1. The van der Waals surface area contributed by atoms with Gasteiger partial charge in [0.15, 0.2) is 6.10 Å². The molecule has 0 amide bonds. The Kier molecular flexibility index (Phi) is 39.2. The van der Waals surface area contributed by atoms with Gasteiger partial charge in [-0.3, -0.25) is 18.6 Å². The highest BCUT2D eigenvalue weighted by molar-refractivity contribution is 7.47. The first-order valence-electron chi connectivity index (χ1n) is 21.4. The topological polar surface area (TPSA) is 134 Å². The van der Waals surface area contributed by atoms with Gasteiger partial charge in [-0.25, -0.2) is 4.57 Å². The molecule has 0 aromatic heterocycles. The lowest BCUT2D eigenvalue weighted by atomic mass is 10.1. The van der Waals surface area contributed by atoms with Crippen molar-refractivity contribution >= 4 is 19.8 Å². The highest BCUT2D eigenvalue weighted by Gasteiger charge is 2.25. The molecular formula is C45H78NO8P. The highest BCUT2D eigenvalue weighted by Crippen LogP contribution is 2.43. The monoisotopic (exact) mass is 792 g/mol. The maximum atomic E-state index is 12.5. The molecule has 0 aromatic carbocycles. The summed E-state index contributed by atoms with van der Waals surface area (Å²) < 4.78 is 32.6. The first-order chi connectivity index (χ1) is 26.8. The minimum absolute atomic E-state index is 0.0360. The number of carbonyl (C=O) groups is 2. The van der Waals surface area contributed by atoms with Gasteiger partial charge in [0, 0.05) is 19.4 Å². The van der Waals surface area contributed by atoms with Crippen LogP contribution in [0.15, 0.2) is 72.9 Å². The molecule has 0 radical (unpaired) electrons. The summed E-state index contributed by atoms with van der Waals surface area (Å²) in [5.74, 6) is -0.957. The number of unbranched alkanes of at least 4 members (excludes halogenated alkanes) is 14. The Balaban J connectivity index is 4.35. The first-order valence-corrected chi connectivity index (χ1v) is 22.9. The zero-order chi connectivity index (χ0) is 40.3. The van der Waals surface area contributed by atoms with Crippen molar-refractivity contribution in [2.75, 3.05) is 26.4 Å². The average Bonchev–Trinajstić information content (AvgIpc) is 3.17. The van der Waals surface area contributed by atoms with Crippen LogP contribution in [0.3, 0.4) is 0 Å². The molecule has 0 aliphatic rings. The molecule has 2 unspecified atom stereocenters. The van der Waals surface area contributed by atoms with Crippen molar-refractivity contribution in [2.24, 2.45) is 5.73 Å². The second-order valence-corrected chi connectivity index (χ2v) is 15.3. The van der Waals surface area contributed by atoms with Crippen LogP contribution < -0.4 is 5.73 Å². The van der Waals surface area contributed by atoms with Crippen LogP contribution in [0, 0.1) is 0 Å². The Bertz CT molecular complexity index is 1130. The number of rotatable bonds is 39. The molecule has 0 saturated heterocycles. The Hall–Kier alpha value is -2.55. The summed E-state index contributed by atoms with van der Waals surface area (Å²) in [5, 5.41) is 0. The molecule has 0 aromatic rings. The van der Waals surface area contributed by atoms with Crippen molar-refractivity contribution in [1.29, 1.82) is 0 Å². The summed E-state index contributed by atoms with van der Waals surface area (Å²) >= 11 is 0. The largest absolute Gasteiger partial charge is 0.472 e. The number of phosphoric acid groups is 1. The number of nitrogens with two attached hydrogens (primary N) is 1. The standard InChI is InChI=1S/C45H78NO8P/c1-3-5-7-9-11-13-15-17-19-21-23-25-27-29-31-33-35-37-44(47)51-41-43(42-53-55(49,50)52-40-39-46)54-45(48)38-36-34-32-30-28-26-24-22-20-18-16-14-12-10-8-6-4-2/h17-20,23-26,29-32,43H,3-16,21-22,27-28,33-42,46H2,1-2H3,(H,49,50). The van der Waals surface area contributed by atoms with E-state index in [0.717, 1.165) is 44.9 Å². The number of hydrogen-bond acceptors (Lipinski definition) is 8. The molecule has 0 heterocycles. The summed E-state index contributed by atoms with van der Waals surface area (Å²) in [5.41, 5.74) is 5.34. The normalized spacial score (nSPS) is 14.0.